The number of ether oxygens (including phenoxy) is 13. The van der Waals surface area contributed by atoms with Gasteiger partial charge in [0, 0.05) is 34.5 Å². The van der Waals surface area contributed by atoms with Crippen LogP contribution in [0.4, 0.5) is 24.0 Å². The van der Waals surface area contributed by atoms with Gasteiger partial charge in [-0.15, -0.1) is 0 Å². The van der Waals surface area contributed by atoms with Crippen LogP contribution in [0.1, 0.15) is 38.5 Å². The van der Waals surface area contributed by atoms with Gasteiger partial charge in [0.1, 0.15) is 74.1 Å². The SMILES string of the molecule is O=C(CCSC(=O)Oc1ccccc1)OCC(COCC(COC(=O)CCSC(=O)Oc1ccccc1)(COC(=O)CCSC(=O)Oc1ccccc1)COC(=O)CCSC(O)Oc1ccccc1)(COC(=O)CCSC(=O)Oc1ccccc1)COC(=O)CCSC(=O)Oc1ccccc1. The van der Waals surface area contributed by atoms with E-state index in [4.69, 9.17) is 61.6 Å². The zero-order valence-electron chi connectivity index (χ0n) is 54.2. The Hall–Kier alpha value is -8.69. The number of carbonyl (C=O) groups excluding carboxylic acids is 11. The summed E-state index contributed by atoms with van der Waals surface area (Å²) in [6.45, 7) is -5.88. The molecule has 6 aromatic rings. The van der Waals surface area contributed by atoms with Crippen molar-refractivity contribution < 1.29 is 119 Å². The third kappa shape index (κ3) is 35.5. The third-order valence-electron chi connectivity index (χ3n) is 13.0. The molecule has 1 unspecified atom stereocenters. The third-order valence-corrected chi connectivity index (χ3v) is 17.4. The van der Waals surface area contributed by atoms with Gasteiger partial charge in [0.15, 0.2) is 0 Å². The fourth-order valence-corrected chi connectivity index (χ4v) is 11.5. The molecule has 6 aromatic carbocycles. The Morgan fingerprint density at radius 1 is 0.277 bits per heavy atom. The van der Waals surface area contributed by atoms with E-state index in [-0.39, 0.29) is 102 Å². The minimum absolute atomic E-state index is 0.0445. The summed E-state index contributed by atoms with van der Waals surface area (Å²) in [4.78, 5) is 146. The summed E-state index contributed by atoms with van der Waals surface area (Å²) >= 11 is 4.21. The highest BCUT2D eigenvalue weighted by Gasteiger charge is 2.41. The summed E-state index contributed by atoms with van der Waals surface area (Å²) in [5.74, 6) is -4.45. The van der Waals surface area contributed by atoms with Crippen LogP contribution < -0.4 is 28.4 Å². The number of carbonyl (C=O) groups is 11. The highest BCUT2D eigenvalue weighted by Crippen LogP contribution is 2.29. The van der Waals surface area contributed by atoms with Gasteiger partial charge in [0.05, 0.1) is 62.6 Å². The van der Waals surface area contributed by atoms with Gasteiger partial charge >= 0.3 is 62.3 Å². The Morgan fingerprint density at radius 2 is 0.475 bits per heavy atom. The molecule has 1 N–H and O–H groups in total. The monoisotopic (exact) mass is 1500 g/mol. The van der Waals surface area contributed by atoms with Gasteiger partial charge in [-0.05, 0) is 132 Å². The topological polar surface area (TPSA) is 328 Å². The fourth-order valence-electron chi connectivity index (χ4n) is 7.87. The molecule has 0 saturated carbocycles. The molecule has 6 rings (SSSR count). The van der Waals surface area contributed by atoms with E-state index in [0.717, 1.165) is 11.8 Å². The molecule has 25 nitrogen and oxygen atoms in total. The fraction of sp³-hybridized carbons (Fsp3) is 0.329. The first-order valence-corrected chi connectivity index (χ1v) is 36.9. The molecule has 31 heteroatoms. The lowest BCUT2D eigenvalue weighted by Gasteiger charge is -2.35. The van der Waals surface area contributed by atoms with E-state index >= 15 is 0 Å². The van der Waals surface area contributed by atoms with Crippen LogP contribution >= 0.6 is 70.6 Å². The van der Waals surface area contributed by atoms with Crippen LogP contribution in [0, 0.1) is 10.8 Å². The van der Waals surface area contributed by atoms with E-state index < -0.39 is 132 Å². The van der Waals surface area contributed by atoms with Crippen LogP contribution in [0.2, 0.25) is 0 Å². The molecule has 0 aliphatic carbocycles. The first-order valence-electron chi connectivity index (χ1n) is 30.9. The maximum atomic E-state index is 13.7. The van der Waals surface area contributed by atoms with E-state index in [1.165, 1.54) is 0 Å². The van der Waals surface area contributed by atoms with Gasteiger partial charge in [0.25, 0.3) is 0 Å². The van der Waals surface area contributed by atoms with Crippen LogP contribution in [-0.4, -0.2) is 160 Å². The summed E-state index contributed by atoms with van der Waals surface area (Å²) in [5, 5.41) is 6.95. The quantitative estimate of drug-likeness (QED) is 0.0211. The van der Waals surface area contributed by atoms with Gasteiger partial charge < -0.3 is 66.7 Å². The van der Waals surface area contributed by atoms with Crippen molar-refractivity contribution >= 4 is 133 Å². The minimum Gasteiger partial charge on any atom is -0.465 e. The minimum atomic E-state index is -1.90. The number of hydrogen-bond acceptors (Lipinski definition) is 31. The van der Waals surface area contributed by atoms with Crippen molar-refractivity contribution in [3.63, 3.8) is 0 Å². The highest BCUT2D eigenvalue weighted by atomic mass is 32.2. The number of aliphatic hydroxyl groups is 1. The van der Waals surface area contributed by atoms with Crippen LogP contribution in [0.15, 0.2) is 182 Å². The summed E-state index contributed by atoms with van der Waals surface area (Å²) in [6, 6.07) is 49.2. The second-order valence-corrected chi connectivity index (χ2v) is 27.4. The molecular formula is C70H72O25S6. The van der Waals surface area contributed by atoms with E-state index in [1.54, 1.807) is 182 Å². The largest absolute Gasteiger partial charge is 0.465 e. The van der Waals surface area contributed by atoms with Gasteiger partial charge in [-0.3, -0.25) is 28.8 Å². The Kier molecular flexibility index (Phi) is 37.6. The first kappa shape index (κ1) is 81.3. The van der Waals surface area contributed by atoms with E-state index in [1.807, 2.05) is 0 Å². The number of aliphatic hydroxyl groups excluding tert-OH is 1. The number of rotatable bonds is 42. The van der Waals surface area contributed by atoms with Crippen molar-refractivity contribution in [2.75, 3.05) is 87.4 Å². The molecule has 0 saturated heterocycles. The zero-order chi connectivity index (χ0) is 72.2. The zero-order valence-corrected chi connectivity index (χ0v) is 59.1. The molecule has 0 radical (unpaired) electrons. The predicted octanol–water partition coefficient (Wildman–Crippen LogP) is 13.3. The summed E-state index contributed by atoms with van der Waals surface area (Å²) in [5.41, 5.74) is -5.19. The molecule has 0 spiro atoms. The lowest BCUT2D eigenvalue weighted by molar-refractivity contribution is -0.174. The molecule has 101 heavy (non-hydrogen) atoms. The van der Waals surface area contributed by atoms with Crippen molar-refractivity contribution in [2.24, 2.45) is 10.8 Å². The maximum Gasteiger partial charge on any atom is 0.372 e. The normalized spacial score (nSPS) is 11.3. The Bertz CT molecular complexity index is 3290. The number of thioether (sulfide) groups is 6. The van der Waals surface area contributed by atoms with Crippen molar-refractivity contribution in [2.45, 2.75) is 44.1 Å². The smallest absolute Gasteiger partial charge is 0.372 e. The van der Waals surface area contributed by atoms with Crippen LogP contribution in [0.25, 0.3) is 0 Å². The standard InChI is InChI=1S/C70H72O25S6/c71-57(31-37-96-63(77)90-51-19-7-1-8-20-51)84-45-69(46-85-58(72)32-38-97-64(78)91-52-21-9-2-10-22-52,47-86-59(73)33-39-98-65(79)92-53-23-11-3-12-24-53)43-83-44-70(48-87-60(74)34-40-99-66(80)93-54-25-13-4-14-26-54,49-88-61(75)35-41-100-67(81)94-55-27-15-5-16-28-55)50-89-62(76)36-42-101-68(82)95-56-29-17-6-18-30-56/h1-30,63,77H,31-50H2. The molecule has 1 atom stereocenters. The summed E-state index contributed by atoms with van der Waals surface area (Å²) in [7, 11) is 0. The van der Waals surface area contributed by atoms with Gasteiger partial charge in [-0.1, -0.05) is 121 Å². The molecule has 0 aromatic heterocycles. The van der Waals surface area contributed by atoms with E-state index in [2.05, 4.69) is 0 Å². The second kappa shape index (κ2) is 46.7. The van der Waals surface area contributed by atoms with Crippen LogP contribution in [-0.2, 0) is 61.9 Å². The Morgan fingerprint density at radius 3 is 0.693 bits per heavy atom. The lowest BCUT2D eigenvalue weighted by atomic mass is 9.90. The van der Waals surface area contributed by atoms with Gasteiger partial charge in [0.2, 0.25) is 5.62 Å². The molecule has 0 amide bonds. The molecule has 0 heterocycles. The molecule has 0 fully saturated rings. The van der Waals surface area contributed by atoms with Crippen molar-refractivity contribution in [3.8, 4) is 34.5 Å². The highest BCUT2D eigenvalue weighted by molar-refractivity contribution is 8.14. The number of hydrogen-bond donors (Lipinski definition) is 1. The van der Waals surface area contributed by atoms with E-state index in [9.17, 15) is 57.8 Å². The van der Waals surface area contributed by atoms with Crippen molar-refractivity contribution in [1.29, 1.82) is 0 Å². The van der Waals surface area contributed by atoms with Gasteiger partial charge in [-0.25, -0.2) is 24.0 Å². The predicted molar refractivity (Wildman–Crippen MR) is 379 cm³/mol. The van der Waals surface area contributed by atoms with Crippen molar-refractivity contribution in [3.05, 3.63) is 182 Å². The van der Waals surface area contributed by atoms with E-state index in [0.29, 0.717) is 64.6 Å². The average Bonchev–Trinajstić information content (AvgIpc) is 0.854. The molecule has 0 bridgehead atoms. The molecule has 538 valence electrons. The number of para-hydroxylation sites is 6. The maximum absolute atomic E-state index is 13.7. The molecule has 0 aliphatic heterocycles. The molecule has 0 aliphatic rings. The van der Waals surface area contributed by atoms with Crippen molar-refractivity contribution in [1.82, 2.24) is 0 Å². The summed E-state index contributed by atoms with van der Waals surface area (Å²) in [6.07, 6.45) is -2.27. The molecular weight excluding hydrogens is 1430 g/mol. The lowest BCUT2D eigenvalue weighted by Crippen LogP contribution is -2.47. The first-order chi connectivity index (χ1) is 48.9. The summed E-state index contributed by atoms with van der Waals surface area (Å²) < 4.78 is 73.3. The van der Waals surface area contributed by atoms with Crippen LogP contribution in [0.5, 0.6) is 34.5 Å². The number of esters is 6. The van der Waals surface area contributed by atoms with Gasteiger partial charge in [-0.2, -0.15) is 0 Å². The Balaban J connectivity index is 1.27. The second-order valence-electron chi connectivity index (χ2n) is 21.1. The Labute approximate surface area is 607 Å². The van der Waals surface area contributed by atoms with Crippen LogP contribution in [0.3, 0.4) is 0 Å². The average molecular weight is 1510 g/mol. The number of benzene rings is 6.